The van der Waals surface area contributed by atoms with Crippen molar-refractivity contribution < 1.29 is 22.7 Å². The molecule has 220 valence electrons. The van der Waals surface area contributed by atoms with Crippen LogP contribution in [0.25, 0.3) is 0 Å². The van der Waals surface area contributed by atoms with Crippen LogP contribution in [0.1, 0.15) is 44.7 Å². The minimum atomic E-state index is -4.20. The highest BCUT2D eigenvalue weighted by Crippen LogP contribution is 2.33. The summed E-state index contributed by atoms with van der Waals surface area (Å²) in [4.78, 5) is 28.6. The Morgan fingerprint density at radius 3 is 2.37 bits per heavy atom. The van der Waals surface area contributed by atoms with Gasteiger partial charge in [-0.3, -0.25) is 13.9 Å². The van der Waals surface area contributed by atoms with Crippen molar-refractivity contribution in [2.24, 2.45) is 0 Å². The smallest absolute Gasteiger partial charge is 0.264 e. The number of carbonyl (C=O) groups excluding carboxylic acids is 2. The highest BCUT2D eigenvalue weighted by molar-refractivity contribution is 7.92. The number of rotatable bonds is 14. The fourth-order valence-corrected chi connectivity index (χ4v) is 5.88. The van der Waals surface area contributed by atoms with Crippen LogP contribution >= 0.6 is 11.6 Å². The molecular formula is C31H38ClN3O5S. The van der Waals surface area contributed by atoms with Crippen LogP contribution in [0.3, 0.4) is 0 Å². The average molecular weight is 600 g/mol. The van der Waals surface area contributed by atoms with Crippen LogP contribution in [-0.2, 0) is 26.2 Å². The zero-order chi connectivity index (χ0) is 30.0. The molecule has 3 rings (SSSR count). The molecule has 0 heterocycles. The number of sulfonamides is 1. The topological polar surface area (TPSA) is 96.0 Å². The van der Waals surface area contributed by atoms with Gasteiger partial charge in [0.15, 0.2) is 0 Å². The lowest BCUT2D eigenvalue weighted by Gasteiger charge is -2.32. The minimum Gasteiger partial charge on any atom is -0.492 e. The summed E-state index contributed by atoms with van der Waals surface area (Å²) < 4.78 is 34.9. The number of halogens is 1. The minimum absolute atomic E-state index is 0.0361. The second kappa shape index (κ2) is 14.9. The zero-order valence-electron chi connectivity index (χ0n) is 24.0. The van der Waals surface area contributed by atoms with Gasteiger partial charge in [0.1, 0.15) is 18.3 Å². The third-order valence-corrected chi connectivity index (χ3v) is 8.57. The lowest BCUT2D eigenvalue weighted by Crippen LogP contribution is -2.51. The summed E-state index contributed by atoms with van der Waals surface area (Å²) in [6.07, 6.45) is 1.71. The van der Waals surface area contributed by atoms with Crippen molar-refractivity contribution in [1.82, 2.24) is 10.2 Å². The van der Waals surface area contributed by atoms with Gasteiger partial charge in [0.25, 0.3) is 10.0 Å². The summed E-state index contributed by atoms with van der Waals surface area (Å²) in [6, 6.07) is 19.3. The Labute approximate surface area is 248 Å². The summed E-state index contributed by atoms with van der Waals surface area (Å²) in [5.74, 6) is -0.549. The first-order valence-electron chi connectivity index (χ1n) is 13.7. The number of hydrogen-bond acceptors (Lipinski definition) is 5. The van der Waals surface area contributed by atoms with Crippen LogP contribution in [0.5, 0.6) is 5.75 Å². The molecule has 0 fully saturated rings. The number of nitrogens with one attached hydrogen (secondary N) is 1. The Morgan fingerprint density at radius 2 is 1.71 bits per heavy atom. The number of hydrogen-bond donors (Lipinski definition) is 1. The van der Waals surface area contributed by atoms with Gasteiger partial charge < -0.3 is 15.0 Å². The molecule has 0 spiro atoms. The number of benzene rings is 3. The lowest BCUT2D eigenvalue weighted by atomic mass is 10.1. The fourth-order valence-electron chi connectivity index (χ4n) is 4.24. The maximum atomic E-state index is 14.1. The maximum absolute atomic E-state index is 14.1. The van der Waals surface area contributed by atoms with Crippen molar-refractivity contribution >= 4 is 39.1 Å². The molecule has 0 aliphatic rings. The number of amides is 2. The van der Waals surface area contributed by atoms with Gasteiger partial charge in [-0.15, -0.1) is 0 Å². The van der Waals surface area contributed by atoms with E-state index in [2.05, 4.69) is 5.32 Å². The molecule has 0 bridgehead atoms. The van der Waals surface area contributed by atoms with Crippen LogP contribution < -0.4 is 14.4 Å². The Kier molecular flexibility index (Phi) is 11.6. The van der Waals surface area contributed by atoms with Crippen LogP contribution in [-0.4, -0.2) is 50.9 Å². The molecule has 1 N–H and O–H groups in total. The summed E-state index contributed by atoms with van der Waals surface area (Å²) >= 11 is 6.20. The number of ether oxygens (including phenoxy) is 1. The van der Waals surface area contributed by atoms with Crippen molar-refractivity contribution in [2.75, 3.05) is 24.0 Å². The molecule has 3 aromatic carbocycles. The van der Waals surface area contributed by atoms with Gasteiger partial charge in [-0.2, -0.15) is 0 Å². The number of para-hydroxylation sites is 2. The highest BCUT2D eigenvalue weighted by Gasteiger charge is 2.33. The largest absolute Gasteiger partial charge is 0.492 e. The summed E-state index contributed by atoms with van der Waals surface area (Å²) in [6.45, 7) is 7.62. The number of unbranched alkanes of at least 4 members (excludes halogenated alkanes) is 1. The van der Waals surface area contributed by atoms with E-state index in [4.69, 9.17) is 16.3 Å². The van der Waals surface area contributed by atoms with Crippen LogP contribution in [0.2, 0.25) is 5.02 Å². The van der Waals surface area contributed by atoms with E-state index < -0.39 is 28.5 Å². The molecule has 0 saturated heterocycles. The average Bonchev–Trinajstić information content (AvgIpc) is 2.95. The molecule has 0 saturated carbocycles. The molecule has 10 heteroatoms. The predicted molar refractivity (Wildman–Crippen MR) is 163 cm³/mol. The predicted octanol–water partition coefficient (Wildman–Crippen LogP) is 5.58. The van der Waals surface area contributed by atoms with Gasteiger partial charge in [0.05, 0.1) is 17.2 Å². The van der Waals surface area contributed by atoms with E-state index in [-0.39, 0.29) is 23.0 Å². The van der Waals surface area contributed by atoms with Crippen molar-refractivity contribution in [3.05, 3.63) is 88.9 Å². The first kappa shape index (κ1) is 32.0. The van der Waals surface area contributed by atoms with Gasteiger partial charge in [-0.05, 0) is 69.2 Å². The van der Waals surface area contributed by atoms with Crippen LogP contribution in [0.15, 0.2) is 77.7 Å². The Balaban J connectivity index is 2.05. The van der Waals surface area contributed by atoms with E-state index in [0.29, 0.717) is 29.5 Å². The third-order valence-electron chi connectivity index (χ3n) is 6.56. The van der Waals surface area contributed by atoms with E-state index in [0.717, 1.165) is 22.7 Å². The number of anilines is 1. The first-order valence-corrected chi connectivity index (χ1v) is 15.5. The van der Waals surface area contributed by atoms with Gasteiger partial charge in [-0.1, -0.05) is 66.9 Å². The number of nitrogens with zero attached hydrogens (tertiary/aromatic N) is 2. The van der Waals surface area contributed by atoms with E-state index in [1.165, 1.54) is 17.0 Å². The monoisotopic (exact) mass is 599 g/mol. The Bertz CT molecular complexity index is 1430. The summed E-state index contributed by atoms with van der Waals surface area (Å²) in [5.41, 5.74) is 1.84. The molecule has 0 aliphatic carbocycles. The van der Waals surface area contributed by atoms with Crippen molar-refractivity contribution in [3.63, 3.8) is 0 Å². The second-order valence-corrected chi connectivity index (χ2v) is 12.0. The summed E-state index contributed by atoms with van der Waals surface area (Å²) in [5, 5.41) is 3.37. The molecule has 0 radical (unpaired) electrons. The quantitative estimate of drug-likeness (QED) is 0.244. The second-order valence-electron chi connectivity index (χ2n) is 9.70. The molecule has 2 amide bonds. The third kappa shape index (κ3) is 8.47. The molecule has 0 aromatic heterocycles. The maximum Gasteiger partial charge on any atom is 0.264 e. The van der Waals surface area contributed by atoms with Gasteiger partial charge in [0.2, 0.25) is 11.8 Å². The lowest BCUT2D eigenvalue weighted by molar-refractivity contribution is -0.139. The van der Waals surface area contributed by atoms with Gasteiger partial charge in [-0.25, -0.2) is 8.42 Å². The molecule has 1 atom stereocenters. The van der Waals surface area contributed by atoms with E-state index in [1.54, 1.807) is 74.5 Å². The number of carbonyl (C=O) groups is 2. The SMILES string of the molecule is CCCCNC(=O)[C@H](C)N(Cc1cccc(Cl)c1)C(=O)CN(c1ccccc1OCC)S(=O)(=O)c1ccc(C)cc1. The standard InChI is InChI=1S/C31H38ClN3O5S/c1-5-7-19-33-31(37)24(4)34(21-25-11-10-12-26(32)20-25)30(36)22-35(28-13-8-9-14-29(28)40-6-2)41(38,39)27-17-15-23(3)16-18-27/h8-18,20,24H,5-7,19,21-22H2,1-4H3,(H,33,37)/t24-/m0/s1. The normalized spacial score (nSPS) is 11.9. The van der Waals surface area contributed by atoms with Crippen LogP contribution in [0.4, 0.5) is 5.69 Å². The molecule has 0 aliphatic heterocycles. The fraction of sp³-hybridized carbons (Fsp3) is 0.355. The Hall–Kier alpha value is -3.56. The molecule has 0 unspecified atom stereocenters. The van der Waals surface area contributed by atoms with Crippen molar-refractivity contribution in [1.29, 1.82) is 0 Å². The highest BCUT2D eigenvalue weighted by atomic mass is 35.5. The Morgan fingerprint density at radius 1 is 1.00 bits per heavy atom. The molecule has 8 nitrogen and oxygen atoms in total. The van der Waals surface area contributed by atoms with Gasteiger partial charge in [0, 0.05) is 18.1 Å². The van der Waals surface area contributed by atoms with E-state index in [9.17, 15) is 18.0 Å². The molecular weight excluding hydrogens is 562 g/mol. The first-order chi connectivity index (χ1) is 19.6. The van der Waals surface area contributed by atoms with E-state index >= 15 is 0 Å². The van der Waals surface area contributed by atoms with Crippen molar-refractivity contribution in [2.45, 2.75) is 58.0 Å². The summed E-state index contributed by atoms with van der Waals surface area (Å²) in [7, 11) is -4.20. The zero-order valence-corrected chi connectivity index (χ0v) is 25.5. The molecule has 41 heavy (non-hydrogen) atoms. The number of aryl methyl sites for hydroxylation is 1. The van der Waals surface area contributed by atoms with Crippen molar-refractivity contribution in [3.8, 4) is 5.75 Å². The van der Waals surface area contributed by atoms with Gasteiger partial charge >= 0.3 is 0 Å². The van der Waals surface area contributed by atoms with Crippen LogP contribution in [0, 0.1) is 6.92 Å². The molecule has 3 aromatic rings. The van der Waals surface area contributed by atoms with E-state index in [1.807, 2.05) is 13.8 Å².